The van der Waals surface area contributed by atoms with E-state index in [-0.39, 0.29) is 30.4 Å². The van der Waals surface area contributed by atoms with Crippen LogP contribution < -0.4 is 10.6 Å². The minimum Gasteiger partial charge on any atom is -0.465 e. The molecule has 3 amide bonds. The average molecular weight is 465 g/mol. The number of carbonyl (C=O) groups is 3. The lowest BCUT2D eigenvalue weighted by Crippen LogP contribution is -2.58. The van der Waals surface area contributed by atoms with Crippen LogP contribution in [0.1, 0.15) is 32.3 Å². The second-order valence-electron chi connectivity index (χ2n) is 8.79. The smallest absolute Gasteiger partial charge is 0.407 e. The predicted octanol–water partition coefficient (Wildman–Crippen LogP) is 1.24. The highest BCUT2D eigenvalue weighted by atomic mass is 32.2. The highest BCUT2D eigenvalue weighted by Crippen LogP contribution is 2.30. The number of rotatable bonds is 5. The molecule has 3 rings (SSSR count). The molecule has 1 saturated heterocycles. The summed E-state index contributed by atoms with van der Waals surface area (Å²) in [5, 5.41) is 14.6. The maximum Gasteiger partial charge on any atom is 0.407 e. The fourth-order valence-corrected chi connectivity index (χ4v) is 5.44. The number of nitrogens with zero attached hydrogens (tertiary/aromatic N) is 2. The summed E-state index contributed by atoms with van der Waals surface area (Å²) >= 11 is 0. The number of carboxylic acid groups (broad SMARTS) is 1. The van der Waals surface area contributed by atoms with E-state index in [4.69, 9.17) is 0 Å². The van der Waals surface area contributed by atoms with Gasteiger partial charge in [-0.05, 0) is 25.5 Å². The summed E-state index contributed by atoms with van der Waals surface area (Å²) in [6.07, 6.45) is 1.52. The molecule has 11 heteroatoms. The van der Waals surface area contributed by atoms with Crippen molar-refractivity contribution >= 4 is 27.9 Å². The van der Waals surface area contributed by atoms with Gasteiger partial charge in [0.25, 0.3) is 10.0 Å². The van der Waals surface area contributed by atoms with Crippen molar-refractivity contribution < 1.29 is 27.9 Å². The summed E-state index contributed by atoms with van der Waals surface area (Å²) in [5.74, 6) is -1.08. The van der Waals surface area contributed by atoms with Crippen LogP contribution in [0, 0.1) is 12.3 Å². The highest BCUT2D eigenvalue weighted by Gasteiger charge is 2.41. The Morgan fingerprint density at radius 1 is 1.25 bits per heavy atom. The van der Waals surface area contributed by atoms with Crippen molar-refractivity contribution in [2.24, 2.45) is 5.41 Å². The molecular formula is C21H28N4O6S. The molecule has 174 valence electrons. The molecule has 0 aliphatic carbocycles. The van der Waals surface area contributed by atoms with Crippen LogP contribution in [0.5, 0.6) is 0 Å². The fraction of sp³-hybridized carbons (Fsp3) is 0.476. The van der Waals surface area contributed by atoms with Crippen molar-refractivity contribution in [2.75, 3.05) is 13.1 Å². The Labute approximate surface area is 187 Å². The standard InChI is InChI=1S/C21H28N4O6S/c1-14-4-6-15(7-5-14)32(30,31)25-11-9-22-19(27)16(25)12-18(26)23-17-8-10-24(20(28)29)13-21(17,2)3/h4-7,9,11,16-17H,8,10,12-13H2,1-3H3,(H,22,27)(H,23,26)(H,28,29)/t16-,17-/m1/s1. The van der Waals surface area contributed by atoms with Crippen LogP contribution in [0.25, 0.3) is 0 Å². The zero-order chi connectivity index (χ0) is 23.7. The summed E-state index contributed by atoms with van der Waals surface area (Å²) in [7, 11) is -4.05. The molecule has 0 radical (unpaired) electrons. The summed E-state index contributed by atoms with van der Waals surface area (Å²) in [5.41, 5.74) is 0.373. The number of sulfonamides is 1. The van der Waals surface area contributed by atoms with E-state index in [1.807, 2.05) is 20.8 Å². The maximum atomic E-state index is 13.1. The van der Waals surface area contributed by atoms with E-state index in [1.54, 1.807) is 12.1 Å². The van der Waals surface area contributed by atoms with E-state index in [1.165, 1.54) is 29.4 Å². The third-order valence-electron chi connectivity index (χ3n) is 5.87. The summed E-state index contributed by atoms with van der Waals surface area (Å²) < 4.78 is 27.2. The Bertz CT molecular complexity index is 1030. The van der Waals surface area contributed by atoms with Gasteiger partial charge in [0.1, 0.15) is 6.04 Å². The maximum absolute atomic E-state index is 13.1. The average Bonchev–Trinajstić information content (AvgIpc) is 2.71. The normalized spacial score (nSPS) is 22.9. The minimum absolute atomic E-state index is 0.0232. The lowest BCUT2D eigenvalue weighted by atomic mass is 9.79. The van der Waals surface area contributed by atoms with Crippen molar-refractivity contribution in [3.8, 4) is 0 Å². The van der Waals surface area contributed by atoms with Crippen molar-refractivity contribution in [3.63, 3.8) is 0 Å². The Morgan fingerprint density at radius 3 is 2.50 bits per heavy atom. The van der Waals surface area contributed by atoms with Gasteiger partial charge >= 0.3 is 6.09 Å². The van der Waals surface area contributed by atoms with Crippen molar-refractivity contribution in [1.29, 1.82) is 0 Å². The van der Waals surface area contributed by atoms with Crippen LogP contribution in [0.3, 0.4) is 0 Å². The lowest BCUT2D eigenvalue weighted by Gasteiger charge is -2.43. The van der Waals surface area contributed by atoms with Gasteiger partial charge in [0.2, 0.25) is 11.8 Å². The molecule has 3 N–H and O–H groups in total. The molecule has 2 heterocycles. The van der Waals surface area contributed by atoms with Gasteiger partial charge in [0, 0.05) is 36.9 Å². The van der Waals surface area contributed by atoms with Gasteiger partial charge in [0.05, 0.1) is 11.3 Å². The van der Waals surface area contributed by atoms with Crippen LogP contribution in [-0.4, -0.2) is 65.8 Å². The lowest BCUT2D eigenvalue weighted by molar-refractivity contribution is -0.130. The Hall–Kier alpha value is -3.08. The highest BCUT2D eigenvalue weighted by molar-refractivity contribution is 7.89. The molecular weight excluding hydrogens is 436 g/mol. The number of carbonyl (C=O) groups excluding carboxylic acids is 2. The van der Waals surface area contributed by atoms with E-state index in [2.05, 4.69) is 10.6 Å². The fourth-order valence-electron chi connectivity index (χ4n) is 3.99. The Kier molecular flexibility index (Phi) is 6.49. The zero-order valence-corrected chi connectivity index (χ0v) is 19.1. The molecule has 2 atom stereocenters. The molecule has 0 unspecified atom stereocenters. The van der Waals surface area contributed by atoms with Crippen molar-refractivity contribution in [2.45, 2.75) is 50.6 Å². The van der Waals surface area contributed by atoms with Crippen molar-refractivity contribution in [1.82, 2.24) is 19.8 Å². The monoisotopic (exact) mass is 464 g/mol. The number of likely N-dealkylation sites (tertiary alicyclic amines) is 1. The second kappa shape index (κ2) is 8.81. The van der Waals surface area contributed by atoms with E-state index < -0.39 is 39.4 Å². The van der Waals surface area contributed by atoms with Gasteiger partial charge in [0.15, 0.2) is 0 Å². The first kappa shape index (κ1) is 23.6. The van der Waals surface area contributed by atoms with E-state index in [0.29, 0.717) is 6.42 Å². The molecule has 1 aromatic carbocycles. The van der Waals surface area contributed by atoms with E-state index >= 15 is 0 Å². The van der Waals surface area contributed by atoms with Crippen LogP contribution in [-0.2, 0) is 19.6 Å². The molecule has 1 aromatic rings. The number of benzene rings is 1. The number of hydrogen-bond donors (Lipinski definition) is 3. The molecule has 32 heavy (non-hydrogen) atoms. The zero-order valence-electron chi connectivity index (χ0n) is 18.2. The Morgan fingerprint density at radius 2 is 1.91 bits per heavy atom. The number of piperidine rings is 1. The van der Waals surface area contributed by atoms with E-state index in [9.17, 15) is 27.9 Å². The molecule has 1 fully saturated rings. The number of aryl methyl sites for hydroxylation is 1. The van der Waals surface area contributed by atoms with Gasteiger partial charge in [-0.25, -0.2) is 13.2 Å². The number of nitrogens with one attached hydrogen (secondary N) is 2. The summed E-state index contributed by atoms with van der Waals surface area (Å²) in [4.78, 5) is 37.9. The molecule has 0 spiro atoms. The third-order valence-corrected chi connectivity index (χ3v) is 7.67. The molecule has 2 aliphatic heterocycles. The first-order chi connectivity index (χ1) is 14.9. The second-order valence-corrected chi connectivity index (χ2v) is 10.6. The summed E-state index contributed by atoms with van der Waals surface area (Å²) in [6, 6.07) is 4.69. The van der Waals surface area contributed by atoms with Gasteiger partial charge in [-0.1, -0.05) is 31.5 Å². The molecule has 0 bridgehead atoms. The quantitative estimate of drug-likeness (QED) is 0.600. The molecule has 10 nitrogen and oxygen atoms in total. The third kappa shape index (κ3) is 4.87. The van der Waals surface area contributed by atoms with Crippen LogP contribution >= 0.6 is 0 Å². The SMILES string of the molecule is Cc1ccc(S(=O)(=O)N2C=CNC(=O)[C@H]2CC(=O)N[C@@H]2CCN(C(=O)O)CC2(C)C)cc1. The van der Waals surface area contributed by atoms with Gasteiger partial charge in [-0.15, -0.1) is 0 Å². The molecule has 0 saturated carbocycles. The first-order valence-corrected chi connectivity index (χ1v) is 11.7. The predicted molar refractivity (Wildman–Crippen MR) is 116 cm³/mol. The van der Waals surface area contributed by atoms with Crippen LogP contribution in [0.4, 0.5) is 4.79 Å². The van der Waals surface area contributed by atoms with Gasteiger partial charge in [-0.3, -0.25) is 13.9 Å². The summed E-state index contributed by atoms with van der Waals surface area (Å²) in [6.45, 7) is 6.09. The van der Waals surface area contributed by atoms with Gasteiger partial charge < -0.3 is 20.6 Å². The largest absolute Gasteiger partial charge is 0.465 e. The van der Waals surface area contributed by atoms with Gasteiger partial charge in [-0.2, -0.15) is 0 Å². The van der Waals surface area contributed by atoms with Crippen LogP contribution in [0.15, 0.2) is 41.6 Å². The topological polar surface area (TPSA) is 136 Å². The van der Waals surface area contributed by atoms with Crippen molar-refractivity contribution in [3.05, 3.63) is 42.2 Å². The number of amides is 3. The first-order valence-electron chi connectivity index (χ1n) is 10.3. The van der Waals surface area contributed by atoms with Crippen LogP contribution in [0.2, 0.25) is 0 Å². The molecule has 2 aliphatic rings. The van der Waals surface area contributed by atoms with E-state index in [0.717, 1.165) is 9.87 Å². The molecule has 0 aromatic heterocycles. The Balaban J connectivity index is 1.75. The minimum atomic E-state index is -4.05. The number of hydrogen-bond acceptors (Lipinski definition) is 5.